The number of aryl methyl sites for hydroxylation is 1. The molecule has 0 unspecified atom stereocenters. The molecule has 0 bridgehead atoms. The summed E-state index contributed by atoms with van der Waals surface area (Å²) in [7, 11) is -0.207. The van der Waals surface area contributed by atoms with Crippen LogP contribution in [-0.2, 0) is 17.1 Å². The highest BCUT2D eigenvalue weighted by atomic mass is 32.2. The summed E-state index contributed by atoms with van der Waals surface area (Å²) in [6, 6.07) is 7.50. The predicted octanol–water partition coefficient (Wildman–Crippen LogP) is 2.65. The van der Waals surface area contributed by atoms with Crippen LogP contribution in [0.5, 0.6) is 5.75 Å². The van der Waals surface area contributed by atoms with Gasteiger partial charge in [0, 0.05) is 13.6 Å². The van der Waals surface area contributed by atoms with Gasteiger partial charge in [-0.25, -0.2) is 8.42 Å². The Labute approximate surface area is 143 Å². The van der Waals surface area contributed by atoms with E-state index in [0.29, 0.717) is 17.1 Å². The average Bonchev–Trinajstić information content (AvgIpc) is 2.95. The Balaban J connectivity index is 2.02. The Bertz CT molecular complexity index is 829. The number of hydrogen-bond donors (Lipinski definition) is 0. The van der Waals surface area contributed by atoms with Gasteiger partial charge in [-0.2, -0.15) is 9.40 Å². The Hall–Kier alpha value is -1.86. The molecule has 0 aliphatic carbocycles. The number of methoxy groups -OCH3 is 1. The zero-order valence-electron chi connectivity index (χ0n) is 14.3. The monoisotopic (exact) mass is 349 g/mol. The fourth-order valence-electron chi connectivity index (χ4n) is 3.23. The summed E-state index contributed by atoms with van der Waals surface area (Å²) in [5.74, 6) is 0.743. The molecule has 1 fully saturated rings. The lowest BCUT2D eigenvalue weighted by atomic mass is 9.97. The zero-order valence-corrected chi connectivity index (χ0v) is 15.1. The lowest BCUT2D eigenvalue weighted by Gasteiger charge is -2.35. The fourth-order valence-corrected chi connectivity index (χ4v) is 5.10. The number of hydrogen-bond acceptors (Lipinski definition) is 4. The number of piperidine rings is 1. The van der Waals surface area contributed by atoms with E-state index in [2.05, 4.69) is 5.10 Å². The molecule has 2 aromatic rings. The summed E-state index contributed by atoms with van der Waals surface area (Å²) >= 11 is 0. The Kier molecular flexibility index (Phi) is 4.64. The van der Waals surface area contributed by atoms with Gasteiger partial charge in [0.1, 0.15) is 10.6 Å². The molecule has 0 spiro atoms. The fraction of sp³-hybridized carbons (Fsp3) is 0.471. The van der Waals surface area contributed by atoms with Gasteiger partial charge in [0.05, 0.1) is 25.0 Å². The molecule has 0 saturated carbocycles. The number of nitrogens with zero attached hydrogens (tertiary/aromatic N) is 3. The number of benzene rings is 1. The van der Waals surface area contributed by atoms with Gasteiger partial charge in [-0.1, -0.05) is 18.6 Å². The SMILES string of the molecule is COc1cccc([C@H]2CCCCN2S(=O)(=O)c2cnn(C)c2C)c1. The highest BCUT2D eigenvalue weighted by molar-refractivity contribution is 7.89. The van der Waals surface area contributed by atoms with E-state index in [4.69, 9.17) is 4.74 Å². The van der Waals surface area contributed by atoms with E-state index in [0.717, 1.165) is 30.6 Å². The van der Waals surface area contributed by atoms with Gasteiger partial charge in [-0.3, -0.25) is 4.68 Å². The van der Waals surface area contributed by atoms with Crippen molar-refractivity contribution in [2.24, 2.45) is 7.05 Å². The molecule has 1 aromatic carbocycles. The first-order valence-corrected chi connectivity index (χ1v) is 9.53. The maximum Gasteiger partial charge on any atom is 0.247 e. The van der Waals surface area contributed by atoms with Crippen molar-refractivity contribution < 1.29 is 13.2 Å². The largest absolute Gasteiger partial charge is 0.497 e. The zero-order chi connectivity index (χ0) is 17.3. The molecule has 0 N–H and O–H groups in total. The maximum atomic E-state index is 13.2. The van der Waals surface area contributed by atoms with E-state index < -0.39 is 10.0 Å². The smallest absolute Gasteiger partial charge is 0.247 e. The molecule has 2 heterocycles. The van der Waals surface area contributed by atoms with Crippen molar-refractivity contribution in [2.45, 2.75) is 37.1 Å². The lowest BCUT2D eigenvalue weighted by Crippen LogP contribution is -2.38. The first-order chi connectivity index (χ1) is 11.4. The number of aromatic nitrogens is 2. The molecule has 1 aromatic heterocycles. The highest BCUT2D eigenvalue weighted by Crippen LogP contribution is 2.36. The summed E-state index contributed by atoms with van der Waals surface area (Å²) in [6.45, 7) is 2.31. The predicted molar refractivity (Wildman–Crippen MR) is 91.4 cm³/mol. The van der Waals surface area contributed by atoms with Crippen molar-refractivity contribution in [1.29, 1.82) is 0 Å². The summed E-state index contributed by atoms with van der Waals surface area (Å²) in [5.41, 5.74) is 1.63. The van der Waals surface area contributed by atoms with E-state index in [1.54, 1.807) is 30.1 Å². The van der Waals surface area contributed by atoms with Gasteiger partial charge in [0.25, 0.3) is 0 Å². The standard InChI is InChI=1S/C17H23N3O3S/c1-13-17(12-18-19(13)2)24(21,22)20-10-5-4-9-16(20)14-7-6-8-15(11-14)23-3/h6-8,11-12,16H,4-5,9-10H2,1-3H3/t16-/m1/s1. The molecule has 6 nitrogen and oxygen atoms in total. The van der Waals surface area contributed by atoms with E-state index >= 15 is 0 Å². The van der Waals surface area contributed by atoms with Crippen molar-refractivity contribution in [3.63, 3.8) is 0 Å². The normalized spacial score (nSPS) is 19.4. The van der Waals surface area contributed by atoms with Crippen LogP contribution in [0.4, 0.5) is 0 Å². The van der Waals surface area contributed by atoms with Crippen molar-refractivity contribution >= 4 is 10.0 Å². The van der Waals surface area contributed by atoms with Crippen LogP contribution in [0.15, 0.2) is 35.4 Å². The Morgan fingerprint density at radius 2 is 2.08 bits per heavy atom. The van der Waals surface area contributed by atoms with Crippen LogP contribution < -0.4 is 4.74 Å². The second-order valence-electron chi connectivity index (χ2n) is 6.12. The van der Waals surface area contributed by atoms with E-state index in [-0.39, 0.29) is 6.04 Å². The van der Waals surface area contributed by atoms with E-state index in [1.165, 1.54) is 6.20 Å². The molecule has 1 aliphatic heterocycles. The average molecular weight is 349 g/mol. The molecule has 3 rings (SSSR count). The molecular formula is C17H23N3O3S. The van der Waals surface area contributed by atoms with Crippen molar-refractivity contribution in [3.05, 3.63) is 41.7 Å². The van der Waals surface area contributed by atoms with Gasteiger partial charge in [-0.05, 0) is 37.5 Å². The molecule has 24 heavy (non-hydrogen) atoms. The second kappa shape index (κ2) is 6.57. The van der Waals surface area contributed by atoms with Crippen LogP contribution in [0.2, 0.25) is 0 Å². The highest BCUT2D eigenvalue weighted by Gasteiger charge is 2.36. The van der Waals surface area contributed by atoms with Gasteiger partial charge >= 0.3 is 0 Å². The van der Waals surface area contributed by atoms with Gasteiger partial charge in [0.2, 0.25) is 10.0 Å². The van der Waals surface area contributed by atoms with Crippen molar-refractivity contribution in [2.75, 3.05) is 13.7 Å². The number of rotatable bonds is 4. The van der Waals surface area contributed by atoms with Crippen LogP contribution in [0.1, 0.15) is 36.6 Å². The minimum absolute atomic E-state index is 0.168. The lowest BCUT2D eigenvalue weighted by molar-refractivity contribution is 0.255. The minimum atomic E-state index is -3.58. The van der Waals surface area contributed by atoms with Gasteiger partial charge in [0.15, 0.2) is 0 Å². The van der Waals surface area contributed by atoms with Gasteiger partial charge < -0.3 is 4.74 Å². The second-order valence-corrected chi connectivity index (χ2v) is 7.98. The van der Waals surface area contributed by atoms with Crippen LogP contribution in [0.3, 0.4) is 0 Å². The van der Waals surface area contributed by atoms with Crippen LogP contribution in [-0.4, -0.2) is 36.2 Å². The molecule has 130 valence electrons. The summed E-state index contributed by atoms with van der Waals surface area (Å²) < 4.78 is 34.9. The topological polar surface area (TPSA) is 64.4 Å². The molecular weight excluding hydrogens is 326 g/mol. The first kappa shape index (κ1) is 17.0. The van der Waals surface area contributed by atoms with Crippen LogP contribution in [0.25, 0.3) is 0 Å². The molecule has 1 atom stereocenters. The third kappa shape index (κ3) is 2.93. The maximum absolute atomic E-state index is 13.2. The summed E-state index contributed by atoms with van der Waals surface area (Å²) in [4.78, 5) is 0.291. The quantitative estimate of drug-likeness (QED) is 0.851. The van der Waals surface area contributed by atoms with E-state index in [1.807, 2.05) is 24.3 Å². The molecule has 0 radical (unpaired) electrons. The Morgan fingerprint density at radius 1 is 1.29 bits per heavy atom. The Morgan fingerprint density at radius 3 is 2.75 bits per heavy atom. The molecule has 0 amide bonds. The third-order valence-corrected chi connectivity index (χ3v) is 6.72. The molecule has 7 heteroatoms. The van der Waals surface area contributed by atoms with Crippen LogP contribution in [0, 0.1) is 6.92 Å². The summed E-state index contributed by atoms with van der Waals surface area (Å²) in [6.07, 6.45) is 4.15. The van der Waals surface area contributed by atoms with Crippen LogP contribution >= 0.6 is 0 Å². The molecule has 1 saturated heterocycles. The number of ether oxygens (including phenoxy) is 1. The number of sulfonamides is 1. The third-order valence-electron chi connectivity index (χ3n) is 4.71. The van der Waals surface area contributed by atoms with E-state index in [9.17, 15) is 8.42 Å². The van der Waals surface area contributed by atoms with Crippen molar-refractivity contribution in [1.82, 2.24) is 14.1 Å². The first-order valence-electron chi connectivity index (χ1n) is 8.09. The van der Waals surface area contributed by atoms with Gasteiger partial charge in [-0.15, -0.1) is 0 Å². The minimum Gasteiger partial charge on any atom is -0.497 e. The van der Waals surface area contributed by atoms with Crippen molar-refractivity contribution in [3.8, 4) is 5.75 Å². The molecule has 1 aliphatic rings. The summed E-state index contributed by atoms with van der Waals surface area (Å²) in [5, 5.41) is 4.09.